The van der Waals surface area contributed by atoms with Crippen LogP contribution in [-0.4, -0.2) is 43.8 Å². The summed E-state index contributed by atoms with van der Waals surface area (Å²) in [4.78, 5) is 12.2. The standard InChI is InChI=1S/C17H18FN3O4S/c18-15-3-7-16(8-4-15)19-9-11-20(12-10-19)26(24,25)13-14-1-5-17(6-2-14)21(22)23/h1-8H,9-13H2. The van der Waals surface area contributed by atoms with Gasteiger partial charge in [-0.1, -0.05) is 12.1 Å². The quantitative estimate of drug-likeness (QED) is 0.588. The second kappa shape index (κ2) is 7.38. The van der Waals surface area contributed by atoms with Crippen molar-refractivity contribution in [2.45, 2.75) is 5.75 Å². The van der Waals surface area contributed by atoms with Crippen LogP contribution in [-0.2, 0) is 15.8 Å². The van der Waals surface area contributed by atoms with Crippen LogP contribution >= 0.6 is 0 Å². The molecule has 0 N–H and O–H groups in total. The molecule has 1 fully saturated rings. The van der Waals surface area contributed by atoms with Crippen LogP contribution < -0.4 is 4.90 Å². The molecule has 1 saturated heterocycles. The molecule has 0 saturated carbocycles. The van der Waals surface area contributed by atoms with E-state index in [1.54, 1.807) is 12.1 Å². The van der Waals surface area contributed by atoms with Crippen molar-refractivity contribution >= 4 is 21.4 Å². The monoisotopic (exact) mass is 379 g/mol. The Kier molecular flexibility index (Phi) is 5.19. The van der Waals surface area contributed by atoms with Gasteiger partial charge in [-0.15, -0.1) is 0 Å². The van der Waals surface area contributed by atoms with Gasteiger partial charge in [0.2, 0.25) is 10.0 Å². The molecule has 0 spiro atoms. The van der Waals surface area contributed by atoms with Crippen LogP contribution in [0.5, 0.6) is 0 Å². The number of anilines is 1. The highest BCUT2D eigenvalue weighted by molar-refractivity contribution is 7.88. The average molecular weight is 379 g/mol. The van der Waals surface area contributed by atoms with Crippen LogP contribution in [0.25, 0.3) is 0 Å². The second-order valence-electron chi connectivity index (χ2n) is 6.04. The van der Waals surface area contributed by atoms with Crippen molar-refractivity contribution in [3.63, 3.8) is 0 Å². The van der Waals surface area contributed by atoms with Crippen LogP contribution in [0.4, 0.5) is 15.8 Å². The zero-order valence-corrected chi connectivity index (χ0v) is 14.7. The summed E-state index contributed by atoms with van der Waals surface area (Å²) in [5.74, 6) is -0.500. The Balaban J connectivity index is 1.62. The van der Waals surface area contributed by atoms with Gasteiger partial charge in [0.1, 0.15) is 5.82 Å². The van der Waals surface area contributed by atoms with Crippen LogP contribution in [0.3, 0.4) is 0 Å². The first-order valence-electron chi connectivity index (χ1n) is 8.07. The lowest BCUT2D eigenvalue weighted by molar-refractivity contribution is -0.384. The van der Waals surface area contributed by atoms with Crippen LogP contribution in [0, 0.1) is 15.9 Å². The molecule has 26 heavy (non-hydrogen) atoms. The first kappa shape index (κ1) is 18.3. The van der Waals surface area contributed by atoms with E-state index in [0.717, 1.165) is 5.69 Å². The Morgan fingerprint density at radius 2 is 1.54 bits per heavy atom. The van der Waals surface area contributed by atoms with Gasteiger partial charge in [0.15, 0.2) is 0 Å². The van der Waals surface area contributed by atoms with Gasteiger partial charge in [-0.05, 0) is 29.8 Å². The van der Waals surface area contributed by atoms with Gasteiger partial charge < -0.3 is 4.90 Å². The van der Waals surface area contributed by atoms with Gasteiger partial charge in [-0.3, -0.25) is 10.1 Å². The van der Waals surface area contributed by atoms with E-state index in [-0.39, 0.29) is 17.3 Å². The van der Waals surface area contributed by atoms with Crippen LogP contribution in [0.15, 0.2) is 48.5 Å². The Labute approximate surface area is 150 Å². The minimum Gasteiger partial charge on any atom is -0.369 e. The number of nitro groups is 1. The number of benzene rings is 2. The van der Waals surface area contributed by atoms with Gasteiger partial charge in [0.05, 0.1) is 10.7 Å². The third-order valence-corrected chi connectivity index (χ3v) is 6.17. The fraction of sp³-hybridized carbons (Fsp3) is 0.294. The van der Waals surface area contributed by atoms with E-state index in [1.807, 2.05) is 4.90 Å². The lowest BCUT2D eigenvalue weighted by atomic mass is 10.2. The maximum atomic E-state index is 13.0. The molecule has 0 aliphatic carbocycles. The van der Waals surface area contributed by atoms with E-state index < -0.39 is 14.9 Å². The summed E-state index contributed by atoms with van der Waals surface area (Å²) in [6, 6.07) is 11.6. The minimum atomic E-state index is -3.51. The lowest BCUT2D eigenvalue weighted by Gasteiger charge is -2.35. The molecule has 2 aromatic carbocycles. The van der Waals surface area contributed by atoms with Gasteiger partial charge in [-0.25, -0.2) is 12.8 Å². The molecule has 3 rings (SSSR count). The highest BCUT2D eigenvalue weighted by atomic mass is 32.2. The molecule has 0 amide bonds. The van der Waals surface area contributed by atoms with Crippen molar-refractivity contribution in [3.8, 4) is 0 Å². The average Bonchev–Trinajstić information content (AvgIpc) is 2.62. The van der Waals surface area contributed by atoms with Crippen molar-refractivity contribution in [3.05, 3.63) is 70.0 Å². The number of halogens is 1. The molecular formula is C17H18FN3O4S. The molecule has 0 aromatic heterocycles. The third-order valence-electron chi connectivity index (χ3n) is 4.32. The van der Waals surface area contributed by atoms with E-state index in [1.165, 1.54) is 40.7 Å². The first-order chi connectivity index (χ1) is 12.3. The molecule has 0 atom stereocenters. The molecule has 7 nitrogen and oxygen atoms in total. The second-order valence-corrected chi connectivity index (χ2v) is 8.01. The van der Waals surface area contributed by atoms with Crippen molar-refractivity contribution in [1.82, 2.24) is 4.31 Å². The fourth-order valence-electron chi connectivity index (χ4n) is 2.89. The van der Waals surface area contributed by atoms with Gasteiger partial charge in [0, 0.05) is 44.0 Å². The molecule has 0 unspecified atom stereocenters. The molecule has 1 aliphatic rings. The van der Waals surface area contributed by atoms with Crippen molar-refractivity contribution < 1.29 is 17.7 Å². The zero-order valence-electron chi connectivity index (χ0n) is 13.9. The van der Waals surface area contributed by atoms with Crippen molar-refractivity contribution in [2.24, 2.45) is 0 Å². The molecule has 138 valence electrons. The first-order valence-corrected chi connectivity index (χ1v) is 9.68. The largest absolute Gasteiger partial charge is 0.369 e. The highest BCUT2D eigenvalue weighted by Crippen LogP contribution is 2.20. The summed E-state index contributed by atoms with van der Waals surface area (Å²) in [6.07, 6.45) is 0. The minimum absolute atomic E-state index is 0.0703. The number of non-ortho nitro benzene ring substituents is 1. The summed E-state index contributed by atoms with van der Waals surface area (Å²) >= 11 is 0. The normalized spacial score (nSPS) is 15.8. The maximum absolute atomic E-state index is 13.0. The molecule has 1 heterocycles. The fourth-order valence-corrected chi connectivity index (χ4v) is 4.41. The number of hydrogen-bond acceptors (Lipinski definition) is 5. The predicted molar refractivity (Wildman–Crippen MR) is 95.9 cm³/mol. The van der Waals surface area contributed by atoms with Crippen LogP contribution in [0.2, 0.25) is 0 Å². The Hall–Kier alpha value is -2.52. The highest BCUT2D eigenvalue weighted by Gasteiger charge is 2.27. The Bertz CT molecular complexity index is 877. The van der Waals surface area contributed by atoms with E-state index in [4.69, 9.17) is 0 Å². The number of rotatable bonds is 5. The van der Waals surface area contributed by atoms with Crippen molar-refractivity contribution in [2.75, 3.05) is 31.1 Å². The SMILES string of the molecule is O=[N+]([O-])c1ccc(CS(=O)(=O)N2CCN(c3ccc(F)cc3)CC2)cc1. The molecule has 2 aromatic rings. The summed E-state index contributed by atoms with van der Waals surface area (Å²) < 4.78 is 39.6. The van der Waals surface area contributed by atoms with Gasteiger partial charge in [-0.2, -0.15) is 4.31 Å². The van der Waals surface area contributed by atoms with Gasteiger partial charge >= 0.3 is 0 Å². The number of hydrogen-bond donors (Lipinski definition) is 0. The zero-order chi connectivity index (χ0) is 18.7. The molecule has 9 heteroatoms. The van der Waals surface area contributed by atoms with E-state index in [2.05, 4.69) is 0 Å². The number of nitrogens with zero attached hydrogens (tertiary/aromatic N) is 3. The molecular weight excluding hydrogens is 361 g/mol. The number of sulfonamides is 1. The number of nitro benzene ring substituents is 1. The predicted octanol–water partition coefficient (Wildman–Crippen LogP) is 2.39. The number of piperazine rings is 1. The molecule has 0 radical (unpaired) electrons. The van der Waals surface area contributed by atoms with Gasteiger partial charge in [0.25, 0.3) is 5.69 Å². The van der Waals surface area contributed by atoms with E-state index in [9.17, 15) is 22.9 Å². The van der Waals surface area contributed by atoms with E-state index >= 15 is 0 Å². The smallest absolute Gasteiger partial charge is 0.269 e. The molecule has 0 bridgehead atoms. The summed E-state index contributed by atoms with van der Waals surface area (Å²) in [6.45, 7) is 1.72. The summed E-state index contributed by atoms with van der Waals surface area (Å²) in [5, 5.41) is 10.7. The van der Waals surface area contributed by atoms with E-state index in [0.29, 0.717) is 31.7 Å². The lowest BCUT2D eigenvalue weighted by Crippen LogP contribution is -2.49. The molecule has 1 aliphatic heterocycles. The maximum Gasteiger partial charge on any atom is 0.269 e. The van der Waals surface area contributed by atoms with Crippen molar-refractivity contribution in [1.29, 1.82) is 0 Å². The Morgan fingerprint density at radius 1 is 0.962 bits per heavy atom. The third kappa shape index (κ3) is 4.17. The van der Waals surface area contributed by atoms with Crippen LogP contribution in [0.1, 0.15) is 5.56 Å². The summed E-state index contributed by atoms with van der Waals surface area (Å²) in [5.41, 5.74) is 1.30. The Morgan fingerprint density at radius 3 is 2.08 bits per heavy atom. The summed E-state index contributed by atoms with van der Waals surface area (Å²) in [7, 11) is -3.51. The topological polar surface area (TPSA) is 83.8 Å².